The second-order valence-corrected chi connectivity index (χ2v) is 11.6. The number of hydrogen-bond donors (Lipinski definition) is 0. The van der Waals surface area contributed by atoms with Crippen LogP contribution in [0.1, 0.15) is 18.0 Å². The Balaban J connectivity index is 2.52. The van der Waals surface area contributed by atoms with Gasteiger partial charge in [-0.1, -0.05) is 85.9 Å². The molecule has 0 saturated heterocycles. The summed E-state index contributed by atoms with van der Waals surface area (Å²) in [5, 5.41) is 1.40. The van der Waals surface area contributed by atoms with Crippen LogP contribution in [0.15, 0.2) is 60.7 Å². The number of rotatable bonds is 5. The first kappa shape index (κ1) is 17.5. The van der Waals surface area contributed by atoms with Crippen LogP contribution in [0.25, 0.3) is 0 Å². The lowest BCUT2D eigenvalue weighted by Crippen LogP contribution is -2.52. The van der Waals surface area contributed by atoms with Gasteiger partial charge < -0.3 is 4.90 Å². The van der Waals surface area contributed by atoms with Crippen molar-refractivity contribution in [3.63, 3.8) is 0 Å². The molecule has 0 N–H and O–H groups in total. The van der Waals surface area contributed by atoms with Gasteiger partial charge in [0.25, 0.3) is 0 Å². The van der Waals surface area contributed by atoms with Crippen molar-refractivity contribution in [3.05, 3.63) is 66.2 Å². The van der Waals surface area contributed by atoms with Crippen molar-refractivity contribution in [1.82, 2.24) is 4.90 Å². The molecule has 0 unspecified atom stereocenters. The molecule has 2 rings (SSSR count). The maximum absolute atomic E-state index is 12.7. The van der Waals surface area contributed by atoms with Crippen molar-refractivity contribution < 1.29 is 4.79 Å². The van der Waals surface area contributed by atoms with Crippen molar-refractivity contribution in [2.75, 3.05) is 14.1 Å². The Morgan fingerprint density at radius 2 is 1.39 bits per heavy atom. The van der Waals surface area contributed by atoms with Crippen molar-refractivity contribution in [2.24, 2.45) is 5.92 Å². The molecule has 2 atom stereocenters. The second kappa shape index (κ2) is 7.13. The number of amides is 1. The molecule has 0 fully saturated rings. The van der Waals surface area contributed by atoms with Crippen LogP contribution in [0, 0.1) is 5.92 Å². The summed E-state index contributed by atoms with van der Waals surface area (Å²) in [5.41, 5.74) is 1.52. The summed E-state index contributed by atoms with van der Waals surface area (Å²) in [6.07, 6.45) is 0. The lowest BCUT2D eigenvalue weighted by atomic mass is 9.99. The number of hydrogen-bond acceptors (Lipinski definition) is 1. The van der Waals surface area contributed by atoms with Crippen LogP contribution in [0.5, 0.6) is 0 Å². The molecule has 1 amide bonds. The van der Waals surface area contributed by atoms with Crippen LogP contribution in [-0.4, -0.2) is 33.0 Å². The van der Waals surface area contributed by atoms with Gasteiger partial charge >= 0.3 is 0 Å². The molecule has 3 heteroatoms. The van der Waals surface area contributed by atoms with Gasteiger partial charge in [-0.3, -0.25) is 4.79 Å². The molecular formula is C20H27NOSi. The maximum atomic E-state index is 12.7. The maximum Gasteiger partial charge on any atom is 0.225 e. The average molecular weight is 326 g/mol. The molecule has 0 aliphatic heterocycles. The molecule has 0 bridgehead atoms. The van der Waals surface area contributed by atoms with E-state index in [0.717, 1.165) is 0 Å². The highest BCUT2D eigenvalue weighted by Gasteiger charge is 2.41. The van der Waals surface area contributed by atoms with Gasteiger partial charge in [-0.15, -0.1) is 0 Å². The molecule has 2 aromatic carbocycles. The smallest absolute Gasteiger partial charge is 0.225 e. The average Bonchev–Trinajstić information content (AvgIpc) is 2.55. The molecule has 0 radical (unpaired) electrons. The van der Waals surface area contributed by atoms with E-state index < -0.39 is 8.07 Å². The Kier molecular flexibility index (Phi) is 5.42. The Bertz CT molecular complexity index is 637. The van der Waals surface area contributed by atoms with Crippen LogP contribution < -0.4 is 5.19 Å². The Hall–Kier alpha value is -1.87. The van der Waals surface area contributed by atoms with E-state index in [-0.39, 0.29) is 17.4 Å². The molecule has 2 nitrogen and oxygen atoms in total. The fourth-order valence-electron chi connectivity index (χ4n) is 3.59. The zero-order valence-electron chi connectivity index (χ0n) is 14.8. The SMILES string of the molecule is C[C@H](C(=O)N(C)C)[C@H](c1ccccc1)[Si](C)(C)c1ccccc1. The van der Waals surface area contributed by atoms with E-state index in [2.05, 4.69) is 74.6 Å². The summed E-state index contributed by atoms with van der Waals surface area (Å²) in [4.78, 5) is 14.4. The van der Waals surface area contributed by atoms with E-state index in [1.165, 1.54) is 10.8 Å². The number of benzene rings is 2. The quantitative estimate of drug-likeness (QED) is 0.769. The van der Waals surface area contributed by atoms with Crippen LogP contribution in [0.4, 0.5) is 0 Å². The molecule has 2 aromatic rings. The molecule has 0 aliphatic rings. The first-order valence-electron chi connectivity index (χ1n) is 8.17. The predicted molar refractivity (Wildman–Crippen MR) is 101 cm³/mol. The molecule has 0 aromatic heterocycles. The highest BCUT2D eigenvalue weighted by Crippen LogP contribution is 2.34. The molecule has 0 heterocycles. The fourth-order valence-corrected chi connectivity index (χ4v) is 7.42. The largest absolute Gasteiger partial charge is 0.349 e. The molecule has 0 aliphatic carbocycles. The third-order valence-electron chi connectivity index (χ3n) is 4.78. The van der Waals surface area contributed by atoms with Gasteiger partial charge in [-0.2, -0.15) is 0 Å². The van der Waals surface area contributed by atoms with Gasteiger partial charge in [-0.25, -0.2) is 0 Å². The van der Waals surface area contributed by atoms with E-state index >= 15 is 0 Å². The highest BCUT2D eigenvalue weighted by molar-refractivity contribution is 6.91. The lowest BCUT2D eigenvalue weighted by Gasteiger charge is -2.38. The van der Waals surface area contributed by atoms with Gasteiger partial charge in [0.05, 0.1) is 8.07 Å². The first-order valence-corrected chi connectivity index (χ1v) is 11.2. The van der Waals surface area contributed by atoms with Crippen molar-refractivity contribution in [2.45, 2.75) is 25.6 Å². The van der Waals surface area contributed by atoms with Gasteiger partial charge in [0, 0.05) is 20.0 Å². The third-order valence-corrected chi connectivity index (χ3v) is 8.99. The summed E-state index contributed by atoms with van der Waals surface area (Å²) in [7, 11) is 1.82. The molecule has 23 heavy (non-hydrogen) atoms. The zero-order chi connectivity index (χ0) is 17.0. The highest BCUT2D eigenvalue weighted by atomic mass is 28.3. The van der Waals surface area contributed by atoms with Crippen molar-refractivity contribution >= 4 is 19.2 Å². The molecule has 0 saturated carbocycles. The molecule has 0 spiro atoms. The van der Waals surface area contributed by atoms with E-state index in [9.17, 15) is 4.79 Å². The minimum Gasteiger partial charge on any atom is -0.349 e. The summed E-state index contributed by atoms with van der Waals surface area (Å²) in [5.74, 6) is 0.171. The topological polar surface area (TPSA) is 20.3 Å². The summed E-state index contributed by atoms with van der Waals surface area (Å²) in [6.45, 7) is 6.83. The van der Waals surface area contributed by atoms with E-state index in [1.54, 1.807) is 4.90 Å². The predicted octanol–water partition coefficient (Wildman–Crippen LogP) is 3.65. The minimum atomic E-state index is -1.87. The van der Waals surface area contributed by atoms with Crippen LogP contribution in [0.3, 0.4) is 0 Å². The van der Waals surface area contributed by atoms with E-state index in [1.807, 2.05) is 20.2 Å². The first-order chi connectivity index (χ1) is 10.9. The summed E-state index contributed by atoms with van der Waals surface area (Å²) >= 11 is 0. The van der Waals surface area contributed by atoms with Gasteiger partial charge in [0.1, 0.15) is 0 Å². The van der Waals surface area contributed by atoms with Crippen LogP contribution in [-0.2, 0) is 4.79 Å². The standard InChI is InChI=1S/C20H27NOSi/c1-16(20(22)21(2)3)19(17-12-8-6-9-13-17)23(4,5)18-14-10-7-11-15-18/h6-16,19H,1-5H3/t16-,19+/m0/s1. The normalized spacial score (nSPS) is 14.1. The second-order valence-electron chi connectivity index (χ2n) is 7.00. The monoisotopic (exact) mass is 325 g/mol. The molecular weight excluding hydrogens is 298 g/mol. The van der Waals surface area contributed by atoms with Crippen LogP contribution >= 0.6 is 0 Å². The van der Waals surface area contributed by atoms with Crippen LogP contribution in [0.2, 0.25) is 13.1 Å². The van der Waals surface area contributed by atoms with E-state index in [4.69, 9.17) is 0 Å². The van der Waals surface area contributed by atoms with Gasteiger partial charge in [0.2, 0.25) is 5.91 Å². The lowest BCUT2D eigenvalue weighted by molar-refractivity contribution is -0.132. The van der Waals surface area contributed by atoms with Crippen molar-refractivity contribution in [3.8, 4) is 0 Å². The summed E-state index contributed by atoms with van der Waals surface area (Å²) in [6, 6.07) is 21.2. The number of nitrogens with zero attached hydrogens (tertiary/aromatic N) is 1. The number of carbonyl (C=O) groups is 1. The third kappa shape index (κ3) is 3.73. The van der Waals surface area contributed by atoms with Gasteiger partial charge in [0.15, 0.2) is 0 Å². The fraction of sp³-hybridized carbons (Fsp3) is 0.350. The summed E-state index contributed by atoms with van der Waals surface area (Å²) < 4.78 is 0. The Morgan fingerprint density at radius 1 is 0.913 bits per heavy atom. The Morgan fingerprint density at radius 3 is 1.87 bits per heavy atom. The van der Waals surface area contributed by atoms with E-state index in [0.29, 0.717) is 0 Å². The minimum absolute atomic E-state index is 0.0331. The Labute approximate surface area is 141 Å². The zero-order valence-corrected chi connectivity index (χ0v) is 15.8. The molecule has 122 valence electrons. The number of carbonyl (C=O) groups excluding carboxylic acids is 1. The van der Waals surface area contributed by atoms with Gasteiger partial charge in [-0.05, 0) is 11.1 Å². The van der Waals surface area contributed by atoms with Crippen molar-refractivity contribution in [1.29, 1.82) is 0 Å².